The highest BCUT2D eigenvalue weighted by atomic mass is 16.5. The van der Waals surface area contributed by atoms with Crippen molar-refractivity contribution in [3.8, 4) is 0 Å². The lowest BCUT2D eigenvalue weighted by molar-refractivity contribution is -0.140. The maximum atomic E-state index is 11.1. The van der Waals surface area contributed by atoms with Gasteiger partial charge in [-0.05, 0) is 6.92 Å². The standard InChI is InChI=1S/C11H17NO5/c1-4-9(13)12-8(2)7-17-11(15)6-5-10(14)16-3/h5-6,8H,4,7H2,1-3H3,(H,12,13)/b6-5+/t8-/m1/s1. The largest absolute Gasteiger partial charge is 0.466 e. The molecule has 1 amide bonds. The van der Waals surface area contributed by atoms with Gasteiger partial charge in [0.15, 0.2) is 0 Å². The van der Waals surface area contributed by atoms with Gasteiger partial charge in [-0.25, -0.2) is 9.59 Å². The quantitative estimate of drug-likeness (QED) is 0.531. The lowest BCUT2D eigenvalue weighted by atomic mass is 10.3. The number of hydrogen-bond acceptors (Lipinski definition) is 5. The van der Waals surface area contributed by atoms with Crippen LogP contribution in [0.3, 0.4) is 0 Å². The minimum absolute atomic E-state index is 0.0517. The molecule has 0 saturated carbocycles. The zero-order valence-corrected chi connectivity index (χ0v) is 10.2. The van der Waals surface area contributed by atoms with Gasteiger partial charge < -0.3 is 14.8 Å². The van der Waals surface area contributed by atoms with Crippen LogP contribution >= 0.6 is 0 Å². The van der Waals surface area contributed by atoms with Crippen molar-refractivity contribution >= 4 is 17.8 Å². The number of ether oxygens (including phenoxy) is 2. The van der Waals surface area contributed by atoms with Crippen molar-refractivity contribution in [3.05, 3.63) is 12.2 Å². The van der Waals surface area contributed by atoms with E-state index < -0.39 is 11.9 Å². The molecule has 0 spiro atoms. The van der Waals surface area contributed by atoms with E-state index in [9.17, 15) is 14.4 Å². The first-order valence-electron chi connectivity index (χ1n) is 5.21. The molecule has 0 aromatic carbocycles. The highest BCUT2D eigenvalue weighted by Crippen LogP contribution is 1.89. The molecule has 0 fully saturated rings. The molecular weight excluding hydrogens is 226 g/mol. The molecule has 17 heavy (non-hydrogen) atoms. The van der Waals surface area contributed by atoms with E-state index in [-0.39, 0.29) is 18.6 Å². The summed E-state index contributed by atoms with van der Waals surface area (Å²) >= 11 is 0. The summed E-state index contributed by atoms with van der Waals surface area (Å²) in [4.78, 5) is 32.8. The van der Waals surface area contributed by atoms with E-state index in [1.807, 2.05) is 0 Å². The molecule has 0 aliphatic carbocycles. The van der Waals surface area contributed by atoms with Crippen molar-refractivity contribution in [2.45, 2.75) is 26.3 Å². The van der Waals surface area contributed by atoms with Crippen molar-refractivity contribution in [3.63, 3.8) is 0 Å². The van der Waals surface area contributed by atoms with Gasteiger partial charge in [0.25, 0.3) is 0 Å². The summed E-state index contributed by atoms with van der Waals surface area (Å²) in [5.41, 5.74) is 0. The molecule has 0 unspecified atom stereocenters. The fourth-order valence-corrected chi connectivity index (χ4v) is 0.878. The average molecular weight is 243 g/mol. The molecule has 0 bridgehead atoms. The first-order chi connectivity index (χ1) is 7.99. The second kappa shape index (κ2) is 8.32. The van der Waals surface area contributed by atoms with E-state index in [2.05, 4.69) is 10.1 Å². The summed E-state index contributed by atoms with van der Waals surface area (Å²) in [6.07, 6.45) is 2.32. The Labute approximate surface area is 100.0 Å². The summed E-state index contributed by atoms with van der Waals surface area (Å²) in [6, 6.07) is -0.266. The summed E-state index contributed by atoms with van der Waals surface area (Å²) in [5, 5.41) is 2.63. The third-order valence-corrected chi connectivity index (χ3v) is 1.76. The van der Waals surface area contributed by atoms with E-state index in [0.717, 1.165) is 12.2 Å². The number of methoxy groups -OCH3 is 1. The fourth-order valence-electron chi connectivity index (χ4n) is 0.878. The van der Waals surface area contributed by atoms with E-state index in [1.54, 1.807) is 13.8 Å². The van der Waals surface area contributed by atoms with Crippen LogP contribution in [0.25, 0.3) is 0 Å². The van der Waals surface area contributed by atoms with Crippen molar-refractivity contribution < 1.29 is 23.9 Å². The van der Waals surface area contributed by atoms with Crippen LogP contribution in [0.5, 0.6) is 0 Å². The Balaban J connectivity index is 3.87. The Kier molecular flexibility index (Phi) is 7.41. The Morgan fingerprint density at radius 1 is 1.24 bits per heavy atom. The maximum absolute atomic E-state index is 11.1. The third kappa shape index (κ3) is 8.01. The van der Waals surface area contributed by atoms with Gasteiger partial charge in [-0.3, -0.25) is 4.79 Å². The molecule has 0 radical (unpaired) electrons. The van der Waals surface area contributed by atoms with Crippen LogP contribution in [0, 0.1) is 0 Å². The minimum Gasteiger partial charge on any atom is -0.466 e. The number of carbonyl (C=O) groups excluding carboxylic acids is 3. The second-order valence-electron chi connectivity index (χ2n) is 3.31. The first kappa shape index (κ1) is 15.2. The Morgan fingerprint density at radius 3 is 2.35 bits per heavy atom. The molecule has 96 valence electrons. The number of nitrogens with one attached hydrogen (secondary N) is 1. The number of esters is 2. The molecule has 0 aromatic rings. The molecule has 0 aliphatic heterocycles. The highest BCUT2D eigenvalue weighted by molar-refractivity contribution is 5.91. The Morgan fingerprint density at radius 2 is 1.82 bits per heavy atom. The molecule has 1 N–H and O–H groups in total. The van der Waals surface area contributed by atoms with Gasteiger partial charge in [-0.2, -0.15) is 0 Å². The minimum atomic E-state index is -0.659. The van der Waals surface area contributed by atoms with Gasteiger partial charge >= 0.3 is 11.9 Å². The molecule has 6 nitrogen and oxygen atoms in total. The number of amides is 1. The fraction of sp³-hybridized carbons (Fsp3) is 0.545. The topological polar surface area (TPSA) is 81.7 Å². The summed E-state index contributed by atoms with van der Waals surface area (Å²) in [7, 11) is 1.21. The predicted molar refractivity (Wildman–Crippen MR) is 60.0 cm³/mol. The van der Waals surface area contributed by atoms with E-state index in [4.69, 9.17) is 4.74 Å². The van der Waals surface area contributed by atoms with Crippen molar-refractivity contribution in [1.82, 2.24) is 5.32 Å². The zero-order valence-electron chi connectivity index (χ0n) is 10.2. The summed E-state index contributed by atoms with van der Waals surface area (Å²) in [6.45, 7) is 3.49. The van der Waals surface area contributed by atoms with Crippen molar-refractivity contribution in [1.29, 1.82) is 0 Å². The van der Waals surface area contributed by atoms with Crippen LogP contribution in [0.1, 0.15) is 20.3 Å². The highest BCUT2D eigenvalue weighted by Gasteiger charge is 2.07. The number of hydrogen-bond donors (Lipinski definition) is 1. The Hall–Kier alpha value is -1.85. The Bertz CT molecular complexity index is 311. The normalized spacial score (nSPS) is 11.9. The van der Waals surface area contributed by atoms with Gasteiger partial charge in [-0.1, -0.05) is 6.92 Å². The first-order valence-corrected chi connectivity index (χ1v) is 5.21. The summed E-state index contributed by atoms with van der Waals surface area (Å²) < 4.78 is 9.10. The van der Waals surface area contributed by atoms with Crippen LogP contribution in [0.4, 0.5) is 0 Å². The van der Waals surface area contributed by atoms with Crippen LogP contribution < -0.4 is 5.32 Å². The molecule has 6 heteroatoms. The maximum Gasteiger partial charge on any atom is 0.331 e. The average Bonchev–Trinajstić information content (AvgIpc) is 2.32. The second-order valence-corrected chi connectivity index (χ2v) is 3.31. The molecule has 1 atom stereocenters. The van der Waals surface area contributed by atoms with Gasteiger partial charge in [0, 0.05) is 18.6 Å². The van der Waals surface area contributed by atoms with E-state index >= 15 is 0 Å². The van der Waals surface area contributed by atoms with Gasteiger partial charge in [0.2, 0.25) is 5.91 Å². The smallest absolute Gasteiger partial charge is 0.331 e. The van der Waals surface area contributed by atoms with Crippen molar-refractivity contribution in [2.24, 2.45) is 0 Å². The van der Waals surface area contributed by atoms with Gasteiger partial charge in [-0.15, -0.1) is 0 Å². The molecule has 0 rings (SSSR count). The van der Waals surface area contributed by atoms with E-state index in [1.165, 1.54) is 7.11 Å². The van der Waals surface area contributed by atoms with Crippen LogP contribution in [-0.4, -0.2) is 37.6 Å². The van der Waals surface area contributed by atoms with Crippen LogP contribution in [0.15, 0.2) is 12.2 Å². The van der Waals surface area contributed by atoms with Crippen molar-refractivity contribution in [2.75, 3.05) is 13.7 Å². The van der Waals surface area contributed by atoms with Gasteiger partial charge in [0.05, 0.1) is 13.2 Å². The third-order valence-electron chi connectivity index (χ3n) is 1.76. The molecule has 0 saturated heterocycles. The summed E-state index contributed by atoms with van der Waals surface area (Å²) in [5.74, 6) is -1.40. The zero-order chi connectivity index (χ0) is 13.3. The molecule has 0 aliphatic rings. The monoisotopic (exact) mass is 243 g/mol. The number of rotatable bonds is 6. The lowest BCUT2D eigenvalue weighted by Gasteiger charge is -2.12. The number of carbonyl (C=O) groups is 3. The van der Waals surface area contributed by atoms with Crippen LogP contribution in [0.2, 0.25) is 0 Å². The lowest BCUT2D eigenvalue weighted by Crippen LogP contribution is -2.35. The predicted octanol–water partition coefficient (Wildman–Crippen LogP) is 0.173. The molecule has 0 heterocycles. The molecular formula is C11H17NO5. The van der Waals surface area contributed by atoms with Gasteiger partial charge in [0.1, 0.15) is 6.61 Å². The van der Waals surface area contributed by atoms with E-state index in [0.29, 0.717) is 6.42 Å². The SMILES string of the molecule is CCC(=O)N[C@H](C)COC(=O)/C=C/C(=O)OC. The van der Waals surface area contributed by atoms with Crippen LogP contribution in [-0.2, 0) is 23.9 Å². The molecule has 0 aromatic heterocycles.